The fourth-order valence-electron chi connectivity index (χ4n) is 7.55. The Morgan fingerprint density at radius 3 is 1.64 bits per heavy atom. The Morgan fingerprint density at radius 2 is 1.16 bits per heavy atom. The summed E-state index contributed by atoms with van der Waals surface area (Å²) in [6.07, 6.45) is 26.0. The van der Waals surface area contributed by atoms with Crippen LogP contribution in [0.5, 0.6) is 0 Å². The minimum absolute atomic E-state index is 0.00211. The maximum Gasteiger partial charge on any atom is 0.309 e. The minimum atomic E-state index is -0.399. The third-order valence-electron chi connectivity index (χ3n) is 10.3. The molecule has 2 N–H and O–H groups in total. The number of ketones is 1. The summed E-state index contributed by atoms with van der Waals surface area (Å²) < 4.78 is 18.0. The predicted molar refractivity (Wildman–Crippen MR) is 174 cm³/mol. The summed E-state index contributed by atoms with van der Waals surface area (Å²) in [5, 5.41) is 21.4. The Hall–Kier alpha value is -1.02. The first kappa shape index (κ1) is 37.4. The normalized spacial score (nSPS) is 28.4. The third kappa shape index (κ3) is 14.2. The van der Waals surface area contributed by atoms with Crippen molar-refractivity contribution in [3.05, 3.63) is 0 Å². The van der Waals surface area contributed by atoms with Gasteiger partial charge in [-0.2, -0.15) is 0 Å². The molecule has 0 amide bonds. The van der Waals surface area contributed by atoms with Gasteiger partial charge in [0.1, 0.15) is 11.9 Å². The SMILES string of the molecule is CCCCCCCCCC[C@@H](O)[C@H]1CC[C@@H]([C@H]2CC[C@H]([C@H](O)CCCCCCCCCC[C@@H]3C[C@H](CC(C)=O)C(=O)O3)O2)O1. The van der Waals surface area contributed by atoms with Crippen molar-refractivity contribution >= 4 is 11.8 Å². The zero-order valence-corrected chi connectivity index (χ0v) is 28.2. The Bertz CT molecular complexity index is 788. The van der Waals surface area contributed by atoms with Crippen LogP contribution in [-0.4, -0.2) is 64.7 Å². The van der Waals surface area contributed by atoms with Crippen molar-refractivity contribution in [3.8, 4) is 0 Å². The maximum atomic E-state index is 11.9. The monoisotopic (exact) mass is 622 g/mol. The standard InChI is InChI=1S/C37H66O7/c1-3-4-5-6-7-11-14-17-20-31(39)33-22-24-35(43-33)36-25-23-34(44-36)32(40)21-18-15-12-9-8-10-13-16-19-30-27-29(26-28(2)38)37(41)42-30/h29-36,39-40H,3-27H2,1-2H3/t29-,30+,31+,32+,33+,34+,35-,36+/m0/s1. The number of ether oxygens (including phenoxy) is 3. The molecule has 0 aromatic heterocycles. The van der Waals surface area contributed by atoms with Crippen LogP contribution in [0.25, 0.3) is 0 Å². The van der Waals surface area contributed by atoms with Crippen molar-refractivity contribution in [1.82, 2.24) is 0 Å². The van der Waals surface area contributed by atoms with E-state index in [0.29, 0.717) is 12.8 Å². The molecule has 3 aliphatic heterocycles. The summed E-state index contributed by atoms with van der Waals surface area (Å²) >= 11 is 0. The second kappa shape index (κ2) is 21.7. The topological polar surface area (TPSA) is 102 Å². The van der Waals surface area contributed by atoms with Gasteiger partial charge in [0.2, 0.25) is 0 Å². The highest BCUT2D eigenvalue weighted by atomic mass is 16.6. The van der Waals surface area contributed by atoms with E-state index in [1.54, 1.807) is 0 Å². The van der Waals surface area contributed by atoms with Crippen molar-refractivity contribution in [2.75, 3.05) is 0 Å². The van der Waals surface area contributed by atoms with Gasteiger partial charge in [0.25, 0.3) is 0 Å². The van der Waals surface area contributed by atoms with E-state index in [-0.39, 0.29) is 54.3 Å². The number of esters is 1. The van der Waals surface area contributed by atoms with Crippen molar-refractivity contribution in [2.45, 2.75) is 217 Å². The van der Waals surface area contributed by atoms with Crippen LogP contribution in [0.1, 0.15) is 174 Å². The lowest BCUT2D eigenvalue weighted by Gasteiger charge is -2.24. The molecule has 0 radical (unpaired) electrons. The molecule has 3 aliphatic rings. The number of aliphatic hydroxyl groups is 2. The van der Waals surface area contributed by atoms with Crippen LogP contribution in [0.15, 0.2) is 0 Å². The van der Waals surface area contributed by atoms with Gasteiger partial charge in [0.15, 0.2) is 0 Å². The molecule has 7 nitrogen and oxygen atoms in total. The van der Waals surface area contributed by atoms with Crippen LogP contribution < -0.4 is 0 Å². The molecule has 256 valence electrons. The molecule has 0 bridgehead atoms. The predicted octanol–water partition coefficient (Wildman–Crippen LogP) is 8.15. The molecule has 3 saturated heterocycles. The van der Waals surface area contributed by atoms with Gasteiger partial charge in [0, 0.05) is 6.42 Å². The fraction of sp³-hybridized carbons (Fsp3) is 0.946. The van der Waals surface area contributed by atoms with Gasteiger partial charge in [-0.25, -0.2) is 0 Å². The smallest absolute Gasteiger partial charge is 0.309 e. The van der Waals surface area contributed by atoms with Gasteiger partial charge in [0.05, 0.1) is 42.5 Å². The van der Waals surface area contributed by atoms with E-state index < -0.39 is 6.10 Å². The zero-order valence-electron chi connectivity index (χ0n) is 28.2. The average molecular weight is 623 g/mol. The molecule has 0 aromatic carbocycles. The van der Waals surface area contributed by atoms with E-state index in [0.717, 1.165) is 77.0 Å². The number of carbonyl (C=O) groups is 2. The number of carbonyl (C=O) groups excluding carboxylic acids is 2. The molecule has 0 aliphatic carbocycles. The van der Waals surface area contributed by atoms with Crippen LogP contribution in [0.2, 0.25) is 0 Å². The number of Topliss-reactive ketones (excluding diaryl/α,β-unsaturated/α-hetero) is 1. The molecule has 3 fully saturated rings. The lowest BCUT2D eigenvalue weighted by molar-refractivity contribution is -0.145. The molecule has 44 heavy (non-hydrogen) atoms. The highest BCUT2D eigenvalue weighted by Gasteiger charge is 2.40. The van der Waals surface area contributed by atoms with Gasteiger partial charge in [-0.15, -0.1) is 0 Å². The largest absolute Gasteiger partial charge is 0.462 e. The molecule has 3 rings (SSSR count). The summed E-state index contributed by atoms with van der Waals surface area (Å²) in [5.74, 6) is -0.348. The molecular formula is C37H66O7. The molecule has 8 atom stereocenters. The van der Waals surface area contributed by atoms with E-state index in [9.17, 15) is 19.8 Å². The van der Waals surface area contributed by atoms with Gasteiger partial charge in [-0.1, -0.05) is 103 Å². The summed E-state index contributed by atoms with van der Waals surface area (Å²) in [5.41, 5.74) is 0. The quantitative estimate of drug-likeness (QED) is 0.0782. The first-order valence-corrected chi connectivity index (χ1v) is 18.7. The van der Waals surface area contributed by atoms with Crippen LogP contribution in [0.3, 0.4) is 0 Å². The molecule has 0 aromatic rings. The summed E-state index contributed by atoms with van der Waals surface area (Å²) in [7, 11) is 0. The Balaban J connectivity index is 1.13. The van der Waals surface area contributed by atoms with Crippen molar-refractivity contribution in [3.63, 3.8) is 0 Å². The third-order valence-corrected chi connectivity index (χ3v) is 10.3. The van der Waals surface area contributed by atoms with E-state index in [1.807, 2.05) is 0 Å². The first-order valence-electron chi connectivity index (χ1n) is 18.7. The number of aliphatic hydroxyl groups excluding tert-OH is 2. The summed E-state index contributed by atoms with van der Waals surface area (Å²) in [6.45, 7) is 3.79. The van der Waals surface area contributed by atoms with Gasteiger partial charge in [-0.05, 0) is 64.7 Å². The highest BCUT2D eigenvalue weighted by Crippen LogP contribution is 2.35. The first-order chi connectivity index (χ1) is 21.4. The molecule has 0 spiro atoms. The summed E-state index contributed by atoms with van der Waals surface area (Å²) in [6, 6.07) is 0. The van der Waals surface area contributed by atoms with Crippen LogP contribution >= 0.6 is 0 Å². The van der Waals surface area contributed by atoms with Crippen LogP contribution in [0, 0.1) is 5.92 Å². The maximum absolute atomic E-state index is 11.9. The number of cyclic esters (lactones) is 1. The Labute approximate surface area is 268 Å². The molecule has 3 heterocycles. The van der Waals surface area contributed by atoms with Crippen LogP contribution in [0.4, 0.5) is 0 Å². The van der Waals surface area contributed by atoms with E-state index in [4.69, 9.17) is 14.2 Å². The van der Waals surface area contributed by atoms with E-state index >= 15 is 0 Å². The van der Waals surface area contributed by atoms with E-state index in [1.165, 1.54) is 77.6 Å². The van der Waals surface area contributed by atoms with Crippen LogP contribution in [-0.2, 0) is 23.8 Å². The zero-order chi connectivity index (χ0) is 31.6. The number of rotatable bonds is 25. The van der Waals surface area contributed by atoms with Crippen molar-refractivity contribution < 1.29 is 34.0 Å². The molecule has 7 heteroatoms. The van der Waals surface area contributed by atoms with Crippen molar-refractivity contribution in [2.24, 2.45) is 5.92 Å². The van der Waals surface area contributed by atoms with Crippen molar-refractivity contribution in [1.29, 1.82) is 0 Å². The second-order valence-electron chi connectivity index (χ2n) is 14.3. The number of unbranched alkanes of at least 4 members (excludes halogenated alkanes) is 14. The minimum Gasteiger partial charge on any atom is -0.462 e. The van der Waals surface area contributed by atoms with Gasteiger partial charge < -0.3 is 29.2 Å². The lowest BCUT2D eigenvalue weighted by atomic mass is 9.96. The molecule has 0 saturated carbocycles. The van der Waals surface area contributed by atoms with E-state index in [2.05, 4.69) is 6.92 Å². The Morgan fingerprint density at radius 1 is 0.705 bits per heavy atom. The molecular weight excluding hydrogens is 556 g/mol. The fourth-order valence-corrected chi connectivity index (χ4v) is 7.55. The lowest BCUT2D eigenvalue weighted by Crippen LogP contribution is -2.33. The van der Waals surface area contributed by atoms with Gasteiger partial charge in [-0.3, -0.25) is 4.79 Å². The highest BCUT2D eigenvalue weighted by molar-refractivity contribution is 5.83. The molecule has 0 unspecified atom stereocenters. The summed E-state index contributed by atoms with van der Waals surface area (Å²) in [4.78, 5) is 23.1. The average Bonchev–Trinajstić information content (AvgIpc) is 3.75. The number of hydrogen-bond donors (Lipinski definition) is 2. The van der Waals surface area contributed by atoms with Gasteiger partial charge >= 0.3 is 5.97 Å². The second-order valence-corrected chi connectivity index (χ2v) is 14.3. The number of hydrogen-bond acceptors (Lipinski definition) is 7. The Kier molecular flexibility index (Phi) is 18.5.